The number of aliphatic imine (C=N–C) groups is 1. The van der Waals surface area contributed by atoms with Gasteiger partial charge in [0.2, 0.25) is 5.90 Å². The molecule has 140 valence electrons. The fraction of sp³-hybridized carbons (Fsp3) is 0.0952. The topological polar surface area (TPSA) is 56.5 Å². The van der Waals surface area contributed by atoms with Gasteiger partial charge >= 0.3 is 5.97 Å². The molecule has 0 saturated carbocycles. The van der Waals surface area contributed by atoms with Crippen LogP contribution in [0.4, 0.5) is 4.39 Å². The molecule has 1 aliphatic rings. The normalized spacial score (nSPS) is 15.1. The van der Waals surface area contributed by atoms with Crippen LogP contribution in [0.5, 0.6) is 0 Å². The van der Waals surface area contributed by atoms with E-state index in [1.54, 1.807) is 17.7 Å². The lowest BCUT2D eigenvalue weighted by Crippen LogP contribution is -2.05. The number of esters is 1. The Hall–Kier alpha value is -3.25. The van der Waals surface area contributed by atoms with Gasteiger partial charge < -0.3 is 4.74 Å². The number of rotatable bonds is 3. The van der Waals surface area contributed by atoms with Crippen molar-refractivity contribution in [1.29, 1.82) is 0 Å². The summed E-state index contributed by atoms with van der Waals surface area (Å²) in [6, 6.07) is 13.3. The van der Waals surface area contributed by atoms with Gasteiger partial charge in [0.05, 0.1) is 11.4 Å². The van der Waals surface area contributed by atoms with Crippen LogP contribution < -0.4 is 0 Å². The van der Waals surface area contributed by atoms with E-state index in [0.717, 1.165) is 11.3 Å². The minimum atomic E-state index is -0.599. The van der Waals surface area contributed by atoms with Crippen LogP contribution in [-0.4, -0.2) is 21.6 Å². The largest absolute Gasteiger partial charge is 0.402 e. The summed E-state index contributed by atoms with van der Waals surface area (Å²) in [6.07, 6.45) is 1.55. The number of benzene rings is 2. The van der Waals surface area contributed by atoms with Crippen molar-refractivity contribution in [3.8, 4) is 5.69 Å². The highest BCUT2D eigenvalue weighted by Crippen LogP contribution is 2.28. The number of aryl methyl sites for hydroxylation is 2. The van der Waals surface area contributed by atoms with E-state index in [4.69, 9.17) is 16.3 Å². The van der Waals surface area contributed by atoms with E-state index in [1.165, 1.54) is 24.3 Å². The molecule has 0 aliphatic carbocycles. The first kappa shape index (κ1) is 18.1. The van der Waals surface area contributed by atoms with Crippen molar-refractivity contribution in [2.24, 2.45) is 4.99 Å². The summed E-state index contributed by atoms with van der Waals surface area (Å²) in [4.78, 5) is 16.4. The second-order valence-electron chi connectivity index (χ2n) is 6.38. The molecule has 2 aromatic carbocycles. The first-order valence-corrected chi connectivity index (χ1v) is 8.91. The molecular formula is C21H15ClFN3O2. The van der Waals surface area contributed by atoms with Crippen molar-refractivity contribution >= 4 is 29.5 Å². The number of carbonyl (C=O) groups excluding carboxylic acids is 1. The van der Waals surface area contributed by atoms with Crippen molar-refractivity contribution in [3.63, 3.8) is 0 Å². The second kappa shape index (κ2) is 7.05. The molecule has 7 heteroatoms. The number of halogens is 2. The lowest BCUT2D eigenvalue weighted by atomic mass is 10.2. The summed E-state index contributed by atoms with van der Waals surface area (Å²) in [5, 5.41) is 4.83. The number of hydrogen-bond donors (Lipinski definition) is 0. The Bertz CT molecular complexity index is 1130. The van der Waals surface area contributed by atoms with Crippen LogP contribution in [0.25, 0.3) is 11.8 Å². The van der Waals surface area contributed by atoms with Crippen molar-refractivity contribution in [2.75, 3.05) is 0 Å². The molecule has 0 saturated heterocycles. The van der Waals surface area contributed by atoms with Gasteiger partial charge in [-0.25, -0.2) is 18.9 Å². The van der Waals surface area contributed by atoms with E-state index in [2.05, 4.69) is 10.1 Å². The molecule has 0 fully saturated rings. The minimum Gasteiger partial charge on any atom is -0.402 e. The summed E-state index contributed by atoms with van der Waals surface area (Å²) in [5.74, 6) is -0.857. The number of nitrogens with zero attached hydrogens (tertiary/aromatic N) is 3. The molecule has 2 heterocycles. The number of aromatic nitrogens is 2. The van der Waals surface area contributed by atoms with Crippen LogP contribution in [0, 0.1) is 19.7 Å². The van der Waals surface area contributed by atoms with Crippen LogP contribution in [0.15, 0.2) is 59.2 Å². The van der Waals surface area contributed by atoms with Crippen LogP contribution in [-0.2, 0) is 9.53 Å². The van der Waals surface area contributed by atoms with Crippen molar-refractivity contribution < 1.29 is 13.9 Å². The Balaban J connectivity index is 1.71. The molecule has 28 heavy (non-hydrogen) atoms. The molecular weight excluding hydrogens is 381 g/mol. The zero-order chi connectivity index (χ0) is 19.8. The lowest BCUT2D eigenvalue weighted by Gasteiger charge is -2.03. The first-order chi connectivity index (χ1) is 13.4. The Morgan fingerprint density at radius 3 is 2.43 bits per heavy atom. The van der Waals surface area contributed by atoms with E-state index >= 15 is 0 Å². The van der Waals surface area contributed by atoms with Crippen LogP contribution >= 0.6 is 11.6 Å². The zero-order valence-electron chi connectivity index (χ0n) is 15.1. The average molecular weight is 396 g/mol. The average Bonchev–Trinajstić information content (AvgIpc) is 3.18. The van der Waals surface area contributed by atoms with E-state index in [0.29, 0.717) is 22.0 Å². The Kier molecular flexibility index (Phi) is 4.57. The molecule has 1 aromatic heterocycles. The van der Waals surface area contributed by atoms with E-state index in [-0.39, 0.29) is 17.4 Å². The fourth-order valence-corrected chi connectivity index (χ4v) is 3.12. The third kappa shape index (κ3) is 3.34. The number of cyclic esters (lactones) is 1. The SMILES string of the molecule is Cc1ccc(-n2nc(C)c(/C=C3\N=C(c4ccc(F)cc4)OC3=O)c2Cl)cc1. The van der Waals surface area contributed by atoms with Gasteiger partial charge in [-0.2, -0.15) is 5.10 Å². The zero-order valence-corrected chi connectivity index (χ0v) is 15.9. The summed E-state index contributed by atoms with van der Waals surface area (Å²) in [5.41, 5.74) is 3.79. The molecule has 5 nitrogen and oxygen atoms in total. The quantitative estimate of drug-likeness (QED) is 0.480. The lowest BCUT2D eigenvalue weighted by molar-refractivity contribution is -0.129. The van der Waals surface area contributed by atoms with Gasteiger partial charge in [0.15, 0.2) is 5.70 Å². The molecule has 1 aliphatic heterocycles. The molecule has 0 atom stereocenters. The fourth-order valence-electron chi connectivity index (χ4n) is 2.79. The Morgan fingerprint density at radius 1 is 1.07 bits per heavy atom. The predicted molar refractivity (Wildman–Crippen MR) is 105 cm³/mol. The minimum absolute atomic E-state index is 0.104. The van der Waals surface area contributed by atoms with Crippen molar-refractivity contribution in [2.45, 2.75) is 13.8 Å². The van der Waals surface area contributed by atoms with Gasteiger partial charge in [0.25, 0.3) is 0 Å². The van der Waals surface area contributed by atoms with Gasteiger partial charge in [-0.05, 0) is 56.3 Å². The van der Waals surface area contributed by atoms with Crippen molar-refractivity contribution in [3.05, 3.63) is 87.6 Å². The highest BCUT2D eigenvalue weighted by Gasteiger charge is 2.25. The Labute approximate surface area is 165 Å². The van der Waals surface area contributed by atoms with Gasteiger partial charge in [-0.3, -0.25) is 0 Å². The molecule has 0 amide bonds. The monoisotopic (exact) mass is 395 g/mol. The summed E-state index contributed by atoms with van der Waals surface area (Å²) in [6.45, 7) is 3.80. The maximum Gasteiger partial charge on any atom is 0.363 e. The summed E-state index contributed by atoms with van der Waals surface area (Å²) < 4.78 is 19.9. The van der Waals surface area contributed by atoms with Crippen LogP contribution in [0.3, 0.4) is 0 Å². The number of carbonyl (C=O) groups is 1. The maximum absolute atomic E-state index is 13.1. The van der Waals surface area contributed by atoms with E-state index < -0.39 is 5.97 Å². The first-order valence-electron chi connectivity index (χ1n) is 8.53. The van der Waals surface area contributed by atoms with Crippen LogP contribution in [0.2, 0.25) is 5.15 Å². The van der Waals surface area contributed by atoms with Gasteiger partial charge in [0.1, 0.15) is 11.0 Å². The van der Waals surface area contributed by atoms with Crippen molar-refractivity contribution in [1.82, 2.24) is 9.78 Å². The molecule has 4 rings (SSSR count). The molecule has 0 spiro atoms. The van der Waals surface area contributed by atoms with E-state index in [9.17, 15) is 9.18 Å². The van der Waals surface area contributed by atoms with E-state index in [1.807, 2.05) is 31.2 Å². The predicted octanol–water partition coefficient (Wildman–Crippen LogP) is 4.63. The third-order valence-corrected chi connectivity index (χ3v) is 4.68. The number of ether oxygens (including phenoxy) is 1. The highest BCUT2D eigenvalue weighted by molar-refractivity contribution is 6.31. The van der Waals surface area contributed by atoms with Gasteiger partial charge in [-0.15, -0.1) is 0 Å². The summed E-state index contributed by atoms with van der Waals surface area (Å²) >= 11 is 6.51. The molecule has 0 N–H and O–H groups in total. The third-order valence-electron chi connectivity index (χ3n) is 4.32. The second-order valence-corrected chi connectivity index (χ2v) is 6.74. The van der Waals surface area contributed by atoms with Gasteiger partial charge in [-0.1, -0.05) is 29.3 Å². The summed E-state index contributed by atoms with van der Waals surface area (Å²) in [7, 11) is 0. The van der Waals surface area contributed by atoms with Gasteiger partial charge in [0, 0.05) is 11.1 Å². The molecule has 0 radical (unpaired) electrons. The van der Waals surface area contributed by atoms with Crippen LogP contribution in [0.1, 0.15) is 22.4 Å². The molecule has 3 aromatic rings. The Morgan fingerprint density at radius 2 is 1.75 bits per heavy atom. The smallest absolute Gasteiger partial charge is 0.363 e. The molecule has 0 bridgehead atoms. The standard InChI is InChI=1S/C21H15ClFN3O2/c1-12-3-9-16(10-4-12)26-19(22)17(13(2)25-26)11-18-21(27)28-20(24-18)14-5-7-15(23)8-6-14/h3-11H,1-2H3/b18-11-. The highest BCUT2D eigenvalue weighted by atomic mass is 35.5. The maximum atomic E-state index is 13.1. The number of hydrogen-bond acceptors (Lipinski definition) is 4. The molecule has 0 unspecified atom stereocenters.